The standard InChI is InChI=1S/C38H36O8/c1-24-33-16-29(45-35(39)25-4-8-27(9-5-25)43-22-37(2)18-41-19-37)12-14-31(33)32-15-13-30(17-34(24)32)46-36(40)26-6-10-28(11-7-26)44-23-38(3)20-42-21-38/h4-17,24H,18-23H2,1-3H3. The van der Waals surface area contributed by atoms with Gasteiger partial charge < -0.3 is 28.4 Å². The number of hydrogen-bond donors (Lipinski definition) is 0. The predicted octanol–water partition coefficient (Wildman–Crippen LogP) is 7.09. The molecule has 3 aliphatic rings. The average Bonchev–Trinajstić information content (AvgIpc) is 3.31. The van der Waals surface area contributed by atoms with Gasteiger partial charge in [0.1, 0.15) is 23.0 Å². The highest BCUT2D eigenvalue weighted by Gasteiger charge is 2.35. The van der Waals surface area contributed by atoms with Gasteiger partial charge in [-0.05, 0) is 95.1 Å². The van der Waals surface area contributed by atoms with Gasteiger partial charge in [-0.15, -0.1) is 0 Å². The summed E-state index contributed by atoms with van der Waals surface area (Å²) in [5.74, 6) is 1.47. The summed E-state index contributed by atoms with van der Waals surface area (Å²) in [6.07, 6.45) is 0. The molecule has 0 bridgehead atoms. The van der Waals surface area contributed by atoms with Crippen molar-refractivity contribution in [3.05, 3.63) is 107 Å². The third-order valence-electron chi connectivity index (χ3n) is 8.85. The highest BCUT2D eigenvalue weighted by molar-refractivity contribution is 5.92. The van der Waals surface area contributed by atoms with Crippen LogP contribution in [0.3, 0.4) is 0 Å². The zero-order valence-electron chi connectivity index (χ0n) is 26.2. The number of rotatable bonds is 10. The van der Waals surface area contributed by atoms with Crippen molar-refractivity contribution in [3.8, 4) is 34.1 Å². The number of ether oxygens (including phenoxy) is 6. The maximum absolute atomic E-state index is 12.9. The molecule has 0 aromatic heterocycles. The van der Waals surface area contributed by atoms with Crippen LogP contribution < -0.4 is 18.9 Å². The Kier molecular flexibility index (Phi) is 7.79. The molecule has 8 heteroatoms. The number of benzene rings is 4. The second-order valence-corrected chi connectivity index (χ2v) is 13.2. The van der Waals surface area contributed by atoms with Gasteiger partial charge in [0, 0.05) is 16.7 Å². The lowest BCUT2D eigenvalue weighted by Gasteiger charge is -2.37. The van der Waals surface area contributed by atoms with Gasteiger partial charge in [0.2, 0.25) is 0 Å². The lowest BCUT2D eigenvalue weighted by atomic mass is 9.90. The summed E-state index contributed by atoms with van der Waals surface area (Å²) < 4.78 is 33.8. The van der Waals surface area contributed by atoms with E-state index in [1.807, 2.05) is 24.3 Å². The minimum atomic E-state index is -0.440. The van der Waals surface area contributed by atoms with Gasteiger partial charge in [-0.3, -0.25) is 0 Å². The molecule has 8 nitrogen and oxygen atoms in total. The third kappa shape index (κ3) is 6.10. The molecule has 0 radical (unpaired) electrons. The summed E-state index contributed by atoms with van der Waals surface area (Å²) in [5, 5.41) is 0. The van der Waals surface area contributed by atoms with Crippen LogP contribution in [0.4, 0.5) is 0 Å². The highest BCUT2D eigenvalue weighted by Crippen LogP contribution is 2.47. The van der Waals surface area contributed by atoms with E-state index in [0.717, 1.165) is 22.3 Å². The summed E-state index contributed by atoms with van der Waals surface area (Å²) in [4.78, 5) is 25.9. The van der Waals surface area contributed by atoms with E-state index in [-0.39, 0.29) is 16.7 Å². The van der Waals surface area contributed by atoms with E-state index in [2.05, 4.69) is 20.8 Å². The predicted molar refractivity (Wildman–Crippen MR) is 171 cm³/mol. The fourth-order valence-corrected chi connectivity index (χ4v) is 5.87. The molecular weight excluding hydrogens is 584 g/mol. The molecule has 0 amide bonds. The molecule has 0 N–H and O–H groups in total. The van der Waals surface area contributed by atoms with Crippen molar-refractivity contribution in [1.29, 1.82) is 0 Å². The molecule has 0 spiro atoms. The van der Waals surface area contributed by atoms with Gasteiger partial charge in [0.05, 0.1) is 50.8 Å². The van der Waals surface area contributed by atoms with Crippen LogP contribution >= 0.6 is 0 Å². The van der Waals surface area contributed by atoms with Gasteiger partial charge in [0.15, 0.2) is 0 Å². The summed E-state index contributed by atoms with van der Waals surface area (Å²) in [5.41, 5.74) is 5.17. The molecular formula is C38H36O8. The quantitative estimate of drug-likeness (QED) is 0.137. The molecule has 0 atom stereocenters. The van der Waals surface area contributed by atoms with Gasteiger partial charge in [-0.25, -0.2) is 9.59 Å². The minimum absolute atomic E-state index is 0.0148. The second-order valence-electron chi connectivity index (χ2n) is 13.2. The van der Waals surface area contributed by atoms with Crippen molar-refractivity contribution >= 4 is 11.9 Å². The van der Waals surface area contributed by atoms with Crippen molar-refractivity contribution in [2.45, 2.75) is 26.7 Å². The van der Waals surface area contributed by atoms with Gasteiger partial charge in [-0.1, -0.05) is 32.9 Å². The normalized spacial score (nSPS) is 17.1. The molecule has 1 aliphatic carbocycles. The SMILES string of the molecule is CC1c2cc(OC(=O)c3ccc(OCC4(C)COC4)cc3)ccc2-c2ccc(OC(=O)c3ccc(OCC4(C)COC4)cc3)cc21. The zero-order valence-corrected chi connectivity index (χ0v) is 26.2. The molecule has 2 fully saturated rings. The van der Waals surface area contributed by atoms with E-state index in [4.69, 9.17) is 28.4 Å². The molecule has 2 saturated heterocycles. The summed E-state index contributed by atoms with van der Waals surface area (Å²) >= 11 is 0. The van der Waals surface area contributed by atoms with Crippen molar-refractivity contribution in [2.75, 3.05) is 39.6 Å². The van der Waals surface area contributed by atoms with Crippen LogP contribution in [-0.4, -0.2) is 51.6 Å². The topological polar surface area (TPSA) is 89.5 Å². The van der Waals surface area contributed by atoms with Gasteiger partial charge in [-0.2, -0.15) is 0 Å². The Morgan fingerprint density at radius 3 is 1.33 bits per heavy atom. The van der Waals surface area contributed by atoms with E-state index in [1.165, 1.54) is 0 Å². The van der Waals surface area contributed by atoms with E-state index < -0.39 is 11.9 Å². The smallest absolute Gasteiger partial charge is 0.343 e. The average molecular weight is 621 g/mol. The third-order valence-corrected chi connectivity index (χ3v) is 8.85. The van der Waals surface area contributed by atoms with Crippen molar-refractivity contribution in [1.82, 2.24) is 0 Å². The number of hydrogen-bond acceptors (Lipinski definition) is 8. The maximum atomic E-state index is 12.9. The summed E-state index contributed by atoms with van der Waals surface area (Å²) in [6.45, 7) is 10.2. The Hall–Kier alpha value is -4.66. The van der Waals surface area contributed by atoms with Gasteiger partial charge in [0.25, 0.3) is 0 Å². The monoisotopic (exact) mass is 620 g/mol. The number of carbonyl (C=O) groups is 2. The van der Waals surface area contributed by atoms with E-state index >= 15 is 0 Å². The van der Waals surface area contributed by atoms with Crippen LogP contribution in [0.2, 0.25) is 0 Å². The molecule has 0 saturated carbocycles. The Morgan fingerprint density at radius 2 is 0.978 bits per heavy atom. The van der Waals surface area contributed by atoms with Crippen molar-refractivity contribution in [2.24, 2.45) is 10.8 Å². The molecule has 2 aliphatic heterocycles. The van der Waals surface area contributed by atoms with Crippen LogP contribution in [0.15, 0.2) is 84.9 Å². The largest absolute Gasteiger partial charge is 0.493 e. The van der Waals surface area contributed by atoms with E-state index in [9.17, 15) is 9.59 Å². The van der Waals surface area contributed by atoms with Gasteiger partial charge >= 0.3 is 11.9 Å². The Balaban J connectivity index is 0.968. The summed E-state index contributed by atoms with van der Waals surface area (Å²) in [7, 11) is 0. The van der Waals surface area contributed by atoms with Crippen molar-refractivity contribution < 1.29 is 38.0 Å². The first-order chi connectivity index (χ1) is 22.2. The van der Waals surface area contributed by atoms with Crippen LogP contribution in [0.5, 0.6) is 23.0 Å². The van der Waals surface area contributed by atoms with Crippen LogP contribution in [0.1, 0.15) is 58.5 Å². The summed E-state index contributed by atoms with van der Waals surface area (Å²) in [6, 6.07) is 25.3. The van der Waals surface area contributed by atoms with E-state index in [0.29, 0.717) is 73.8 Å². The molecule has 236 valence electrons. The number of esters is 2. The lowest BCUT2D eigenvalue weighted by Crippen LogP contribution is -2.44. The molecule has 2 heterocycles. The molecule has 46 heavy (non-hydrogen) atoms. The van der Waals surface area contributed by atoms with Crippen LogP contribution in [0, 0.1) is 10.8 Å². The number of fused-ring (bicyclic) bond motifs is 3. The fourth-order valence-electron chi connectivity index (χ4n) is 5.87. The maximum Gasteiger partial charge on any atom is 0.343 e. The molecule has 4 aromatic carbocycles. The first kappa shape index (κ1) is 30.0. The van der Waals surface area contributed by atoms with E-state index in [1.54, 1.807) is 60.7 Å². The number of carbonyl (C=O) groups excluding carboxylic acids is 2. The zero-order chi connectivity index (χ0) is 31.9. The Bertz CT molecular complexity index is 1640. The first-order valence-corrected chi connectivity index (χ1v) is 15.5. The first-order valence-electron chi connectivity index (χ1n) is 15.5. The molecule has 7 rings (SSSR count). The fraction of sp³-hybridized carbons (Fsp3) is 0.316. The minimum Gasteiger partial charge on any atom is -0.493 e. The molecule has 4 aromatic rings. The van der Waals surface area contributed by atoms with Crippen molar-refractivity contribution in [3.63, 3.8) is 0 Å². The van der Waals surface area contributed by atoms with Crippen LogP contribution in [-0.2, 0) is 9.47 Å². The lowest BCUT2D eigenvalue weighted by molar-refractivity contribution is -0.120. The molecule has 0 unspecified atom stereocenters. The Labute approximate surface area is 268 Å². The van der Waals surface area contributed by atoms with Crippen LogP contribution in [0.25, 0.3) is 11.1 Å². The second kappa shape index (κ2) is 11.9. The highest BCUT2D eigenvalue weighted by atomic mass is 16.5. The Morgan fingerprint density at radius 1 is 0.609 bits per heavy atom.